The van der Waals surface area contributed by atoms with Crippen LogP contribution in [0.25, 0.3) is 0 Å². The molecule has 0 bridgehead atoms. The van der Waals surface area contributed by atoms with E-state index in [1.165, 1.54) is 0 Å². The molecular formula is C14H20ClNO. The number of rotatable bonds is 3. The summed E-state index contributed by atoms with van der Waals surface area (Å²) < 4.78 is 0. The van der Waals surface area contributed by atoms with Crippen molar-refractivity contribution in [2.24, 2.45) is 5.41 Å². The van der Waals surface area contributed by atoms with Crippen LogP contribution in [0.15, 0.2) is 24.3 Å². The number of nitrogens with zero attached hydrogens (tertiary/aromatic N) is 1. The molecule has 2 nitrogen and oxygen atoms in total. The SMILES string of the molecule is CN(CC(C)(C)C)C(=O)Cc1ccccc1Cl. The normalized spacial score (nSPS) is 11.4. The fourth-order valence-electron chi connectivity index (χ4n) is 1.74. The lowest BCUT2D eigenvalue weighted by molar-refractivity contribution is -0.130. The molecule has 17 heavy (non-hydrogen) atoms. The first-order valence-corrected chi connectivity index (χ1v) is 6.15. The molecule has 0 saturated heterocycles. The number of hydrogen-bond acceptors (Lipinski definition) is 1. The summed E-state index contributed by atoms with van der Waals surface area (Å²) >= 11 is 6.04. The Morgan fingerprint density at radius 3 is 2.41 bits per heavy atom. The lowest BCUT2D eigenvalue weighted by Crippen LogP contribution is -2.35. The van der Waals surface area contributed by atoms with Gasteiger partial charge in [-0.1, -0.05) is 50.6 Å². The lowest BCUT2D eigenvalue weighted by Gasteiger charge is -2.26. The number of carbonyl (C=O) groups is 1. The summed E-state index contributed by atoms with van der Waals surface area (Å²) in [6, 6.07) is 7.48. The number of amides is 1. The molecule has 0 atom stereocenters. The van der Waals surface area contributed by atoms with Gasteiger partial charge in [-0.15, -0.1) is 0 Å². The first kappa shape index (κ1) is 14.0. The van der Waals surface area contributed by atoms with Gasteiger partial charge in [-0.3, -0.25) is 4.79 Å². The summed E-state index contributed by atoms with van der Waals surface area (Å²) in [7, 11) is 1.84. The van der Waals surface area contributed by atoms with Crippen LogP contribution in [-0.4, -0.2) is 24.4 Å². The van der Waals surface area contributed by atoms with Crippen LogP contribution in [0.1, 0.15) is 26.3 Å². The third kappa shape index (κ3) is 4.78. The summed E-state index contributed by atoms with van der Waals surface area (Å²) in [5, 5.41) is 0.657. The van der Waals surface area contributed by atoms with Crippen LogP contribution in [0.3, 0.4) is 0 Å². The summed E-state index contributed by atoms with van der Waals surface area (Å²) in [5.41, 5.74) is 1.00. The van der Waals surface area contributed by atoms with Crippen molar-refractivity contribution < 1.29 is 4.79 Å². The first-order chi connectivity index (χ1) is 7.79. The molecule has 3 heteroatoms. The molecule has 0 aliphatic rings. The summed E-state index contributed by atoms with van der Waals surface area (Å²) in [4.78, 5) is 13.8. The highest BCUT2D eigenvalue weighted by molar-refractivity contribution is 6.31. The molecule has 1 amide bonds. The van der Waals surface area contributed by atoms with Crippen molar-refractivity contribution >= 4 is 17.5 Å². The predicted molar refractivity (Wildman–Crippen MR) is 72.2 cm³/mol. The maximum atomic E-state index is 12.0. The molecule has 0 aliphatic heterocycles. The molecule has 94 valence electrons. The number of likely N-dealkylation sites (N-methyl/N-ethyl adjacent to an activating group) is 1. The fourth-order valence-corrected chi connectivity index (χ4v) is 1.94. The second-order valence-electron chi connectivity index (χ2n) is 5.58. The summed E-state index contributed by atoms with van der Waals surface area (Å²) in [6.07, 6.45) is 0.367. The molecule has 0 aliphatic carbocycles. The standard InChI is InChI=1S/C14H20ClNO/c1-14(2,3)10-16(4)13(17)9-11-7-5-6-8-12(11)15/h5-8H,9-10H2,1-4H3. The second-order valence-corrected chi connectivity index (χ2v) is 5.99. The highest BCUT2D eigenvalue weighted by Gasteiger charge is 2.18. The molecular weight excluding hydrogens is 234 g/mol. The van der Waals surface area contributed by atoms with Crippen LogP contribution >= 0.6 is 11.6 Å². The highest BCUT2D eigenvalue weighted by atomic mass is 35.5. The number of halogens is 1. The Kier molecular flexibility index (Phi) is 4.58. The first-order valence-electron chi connectivity index (χ1n) is 5.77. The molecule has 0 unspecified atom stereocenters. The monoisotopic (exact) mass is 253 g/mol. The molecule has 0 fully saturated rings. The Morgan fingerprint density at radius 1 is 1.29 bits per heavy atom. The van der Waals surface area contributed by atoms with Gasteiger partial charge in [-0.05, 0) is 17.0 Å². The van der Waals surface area contributed by atoms with Gasteiger partial charge in [-0.25, -0.2) is 0 Å². The molecule has 0 saturated carbocycles. The van der Waals surface area contributed by atoms with E-state index in [9.17, 15) is 4.79 Å². The van der Waals surface area contributed by atoms with Crippen molar-refractivity contribution in [1.29, 1.82) is 0 Å². The third-order valence-electron chi connectivity index (χ3n) is 2.44. The Bertz CT molecular complexity index is 395. The molecule has 0 spiro atoms. The molecule has 0 heterocycles. The van der Waals surface area contributed by atoms with Gasteiger partial charge in [-0.2, -0.15) is 0 Å². The zero-order valence-electron chi connectivity index (χ0n) is 11.0. The van der Waals surface area contributed by atoms with Gasteiger partial charge >= 0.3 is 0 Å². The van der Waals surface area contributed by atoms with Gasteiger partial charge in [0.15, 0.2) is 0 Å². The van der Waals surface area contributed by atoms with Crippen LogP contribution in [0.2, 0.25) is 5.02 Å². The number of benzene rings is 1. The summed E-state index contributed by atoms with van der Waals surface area (Å²) in [6.45, 7) is 7.10. The van der Waals surface area contributed by atoms with Crippen molar-refractivity contribution in [1.82, 2.24) is 4.90 Å². The van der Waals surface area contributed by atoms with Gasteiger partial charge < -0.3 is 4.90 Å². The van der Waals surface area contributed by atoms with E-state index in [1.54, 1.807) is 4.90 Å². The van der Waals surface area contributed by atoms with Crippen molar-refractivity contribution in [2.75, 3.05) is 13.6 Å². The van der Waals surface area contributed by atoms with E-state index < -0.39 is 0 Å². The minimum absolute atomic E-state index is 0.105. The second kappa shape index (κ2) is 5.54. The maximum absolute atomic E-state index is 12.0. The minimum atomic E-state index is 0.105. The Labute approximate surface area is 109 Å². The van der Waals surface area contributed by atoms with Crippen LogP contribution < -0.4 is 0 Å². The van der Waals surface area contributed by atoms with Gasteiger partial charge in [0.25, 0.3) is 0 Å². The highest BCUT2D eigenvalue weighted by Crippen LogP contribution is 2.18. The molecule has 0 aromatic heterocycles. The van der Waals surface area contributed by atoms with Gasteiger partial charge in [0.05, 0.1) is 6.42 Å². The van der Waals surface area contributed by atoms with E-state index in [2.05, 4.69) is 20.8 Å². The van der Waals surface area contributed by atoms with Crippen LogP contribution in [0.4, 0.5) is 0 Å². The average molecular weight is 254 g/mol. The van der Waals surface area contributed by atoms with E-state index in [-0.39, 0.29) is 11.3 Å². The predicted octanol–water partition coefficient (Wildman–Crippen LogP) is 3.39. The number of hydrogen-bond donors (Lipinski definition) is 0. The van der Waals surface area contributed by atoms with E-state index in [0.717, 1.165) is 12.1 Å². The molecule has 0 N–H and O–H groups in total. The van der Waals surface area contributed by atoms with Crippen molar-refractivity contribution in [3.8, 4) is 0 Å². The van der Waals surface area contributed by atoms with E-state index >= 15 is 0 Å². The van der Waals surface area contributed by atoms with Crippen LogP contribution in [0, 0.1) is 5.41 Å². The van der Waals surface area contributed by atoms with E-state index in [1.807, 2.05) is 31.3 Å². The smallest absolute Gasteiger partial charge is 0.226 e. The van der Waals surface area contributed by atoms with E-state index in [0.29, 0.717) is 11.4 Å². The minimum Gasteiger partial charge on any atom is -0.345 e. The van der Waals surface area contributed by atoms with Crippen LogP contribution in [-0.2, 0) is 11.2 Å². The van der Waals surface area contributed by atoms with Crippen molar-refractivity contribution in [2.45, 2.75) is 27.2 Å². The zero-order chi connectivity index (χ0) is 13.1. The largest absolute Gasteiger partial charge is 0.345 e. The molecule has 1 aromatic rings. The molecule has 1 rings (SSSR count). The van der Waals surface area contributed by atoms with Crippen molar-refractivity contribution in [3.63, 3.8) is 0 Å². The molecule has 1 aromatic carbocycles. The van der Waals surface area contributed by atoms with Gasteiger partial charge in [0, 0.05) is 18.6 Å². The summed E-state index contributed by atoms with van der Waals surface area (Å²) in [5.74, 6) is 0.105. The zero-order valence-corrected chi connectivity index (χ0v) is 11.7. The van der Waals surface area contributed by atoms with Crippen molar-refractivity contribution in [3.05, 3.63) is 34.9 Å². The Balaban J connectivity index is 2.64. The van der Waals surface area contributed by atoms with E-state index in [4.69, 9.17) is 11.6 Å². The van der Waals surface area contributed by atoms with Gasteiger partial charge in [0.2, 0.25) is 5.91 Å². The van der Waals surface area contributed by atoms with Crippen LogP contribution in [0.5, 0.6) is 0 Å². The average Bonchev–Trinajstić information content (AvgIpc) is 2.18. The maximum Gasteiger partial charge on any atom is 0.226 e. The lowest BCUT2D eigenvalue weighted by atomic mass is 9.96. The topological polar surface area (TPSA) is 20.3 Å². The van der Waals surface area contributed by atoms with Gasteiger partial charge in [0.1, 0.15) is 0 Å². The fraction of sp³-hybridized carbons (Fsp3) is 0.500. The third-order valence-corrected chi connectivity index (χ3v) is 2.81. The Morgan fingerprint density at radius 2 is 1.88 bits per heavy atom. The Hall–Kier alpha value is -1.02. The quantitative estimate of drug-likeness (QED) is 0.809. The number of carbonyl (C=O) groups excluding carboxylic acids is 1. The molecule has 0 radical (unpaired) electrons.